The van der Waals surface area contributed by atoms with Crippen molar-refractivity contribution in [1.29, 1.82) is 0 Å². The van der Waals surface area contributed by atoms with Crippen LogP contribution in [0, 0.1) is 6.92 Å². The molecular formula is C35H32N6O3. The van der Waals surface area contributed by atoms with Gasteiger partial charge >= 0.3 is 0 Å². The predicted molar refractivity (Wildman–Crippen MR) is 174 cm³/mol. The third-order valence-corrected chi connectivity index (χ3v) is 7.36. The Morgan fingerprint density at radius 2 is 1.84 bits per heavy atom. The number of benzene rings is 3. The van der Waals surface area contributed by atoms with Gasteiger partial charge in [-0.2, -0.15) is 0 Å². The number of fused-ring (bicyclic) bond motifs is 1. The summed E-state index contributed by atoms with van der Waals surface area (Å²) >= 11 is 0. The number of ether oxygens (including phenoxy) is 2. The molecule has 0 saturated heterocycles. The van der Waals surface area contributed by atoms with Crippen molar-refractivity contribution >= 4 is 34.1 Å². The quantitative estimate of drug-likeness (QED) is 0.182. The van der Waals surface area contributed by atoms with Crippen molar-refractivity contribution in [2.45, 2.75) is 13.8 Å². The van der Waals surface area contributed by atoms with E-state index in [9.17, 15) is 4.79 Å². The van der Waals surface area contributed by atoms with Gasteiger partial charge in [0, 0.05) is 70.7 Å². The monoisotopic (exact) mass is 584 g/mol. The molecule has 1 amide bonds. The Kier molecular flexibility index (Phi) is 7.92. The lowest BCUT2D eigenvalue weighted by atomic mass is 10.1. The number of anilines is 3. The number of nitrogens with zero attached hydrogens (tertiary/aromatic N) is 4. The van der Waals surface area contributed by atoms with Crippen LogP contribution in [0.4, 0.5) is 17.3 Å². The molecule has 6 aromatic rings. The number of amides is 1. The Morgan fingerprint density at radius 3 is 2.64 bits per heavy atom. The summed E-state index contributed by atoms with van der Waals surface area (Å²) in [5.74, 6) is 1.56. The van der Waals surface area contributed by atoms with E-state index in [0.29, 0.717) is 29.7 Å². The van der Waals surface area contributed by atoms with E-state index in [2.05, 4.69) is 31.8 Å². The van der Waals surface area contributed by atoms with Gasteiger partial charge in [-0.05, 0) is 67.9 Å². The van der Waals surface area contributed by atoms with Crippen molar-refractivity contribution in [3.8, 4) is 34.0 Å². The van der Waals surface area contributed by atoms with E-state index in [-0.39, 0.29) is 5.91 Å². The molecule has 3 aromatic carbocycles. The maximum atomic E-state index is 13.4. The largest absolute Gasteiger partial charge is 0.497 e. The van der Waals surface area contributed by atoms with Crippen LogP contribution in [0.25, 0.3) is 33.3 Å². The van der Waals surface area contributed by atoms with Crippen LogP contribution >= 0.6 is 0 Å². The number of aromatic nitrogens is 4. The van der Waals surface area contributed by atoms with Crippen molar-refractivity contribution < 1.29 is 14.3 Å². The molecule has 0 saturated carbocycles. The van der Waals surface area contributed by atoms with Gasteiger partial charge < -0.3 is 24.7 Å². The van der Waals surface area contributed by atoms with E-state index in [1.54, 1.807) is 19.4 Å². The number of pyridine rings is 1. The maximum Gasteiger partial charge on any atom is 0.255 e. The highest BCUT2D eigenvalue weighted by Gasteiger charge is 2.14. The van der Waals surface area contributed by atoms with Crippen LogP contribution in [-0.2, 0) is 7.05 Å². The lowest BCUT2D eigenvalue weighted by Gasteiger charge is -2.12. The Morgan fingerprint density at radius 1 is 0.955 bits per heavy atom. The van der Waals surface area contributed by atoms with E-state index >= 15 is 0 Å². The molecule has 0 atom stereocenters. The molecular weight excluding hydrogens is 552 g/mol. The number of carbonyl (C=O) groups excluding carboxylic acids is 1. The summed E-state index contributed by atoms with van der Waals surface area (Å²) in [5, 5.41) is 7.39. The van der Waals surface area contributed by atoms with Gasteiger partial charge in [0.05, 0.1) is 24.9 Å². The number of methoxy groups -OCH3 is 1. The zero-order valence-corrected chi connectivity index (χ0v) is 25.0. The van der Waals surface area contributed by atoms with Gasteiger partial charge in [0.2, 0.25) is 11.8 Å². The highest BCUT2D eigenvalue weighted by Crippen LogP contribution is 2.32. The lowest BCUT2D eigenvalue weighted by molar-refractivity contribution is 0.102. The van der Waals surface area contributed by atoms with Crippen molar-refractivity contribution in [3.05, 3.63) is 109 Å². The molecule has 3 heterocycles. The van der Waals surface area contributed by atoms with Crippen LogP contribution < -0.4 is 20.1 Å². The smallest absolute Gasteiger partial charge is 0.255 e. The van der Waals surface area contributed by atoms with E-state index in [0.717, 1.165) is 50.3 Å². The fourth-order valence-electron chi connectivity index (χ4n) is 5.05. The van der Waals surface area contributed by atoms with Gasteiger partial charge in [0.25, 0.3) is 5.91 Å². The Balaban J connectivity index is 1.20. The molecule has 0 aliphatic heterocycles. The molecule has 0 bridgehead atoms. The van der Waals surface area contributed by atoms with Crippen LogP contribution in [0.5, 0.6) is 11.6 Å². The summed E-state index contributed by atoms with van der Waals surface area (Å²) in [7, 11) is 3.62. The van der Waals surface area contributed by atoms with Crippen molar-refractivity contribution in [3.63, 3.8) is 0 Å². The first-order chi connectivity index (χ1) is 21.4. The third-order valence-electron chi connectivity index (χ3n) is 7.36. The van der Waals surface area contributed by atoms with Gasteiger partial charge in [-0.1, -0.05) is 24.3 Å². The molecule has 6 rings (SSSR count). The average molecular weight is 585 g/mol. The molecule has 0 radical (unpaired) electrons. The first kappa shape index (κ1) is 28.4. The molecule has 2 N–H and O–H groups in total. The fourth-order valence-corrected chi connectivity index (χ4v) is 5.05. The van der Waals surface area contributed by atoms with Crippen LogP contribution in [0.1, 0.15) is 22.8 Å². The normalized spacial score (nSPS) is 10.9. The molecule has 3 aromatic heterocycles. The molecule has 44 heavy (non-hydrogen) atoms. The molecule has 0 spiro atoms. The number of hydrogen-bond donors (Lipinski definition) is 2. The number of carbonyl (C=O) groups is 1. The van der Waals surface area contributed by atoms with E-state index < -0.39 is 0 Å². The van der Waals surface area contributed by atoms with E-state index in [4.69, 9.17) is 9.47 Å². The second-order valence-electron chi connectivity index (χ2n) is 10.3. The van der Waals surface area contributed by atoms with Crippen molar-refractivity contribution in [1.82, 2.24) is 19.5 Å². The topological polar surface area (TPSA) is 103 Å². The van der Waals surface area contributed by atoms with Gasteiger partial charge in [-0.15, -0.1) is 0 Å². The molecule has 9 nitrogen and oxygen atoms in total. The minimum atomic E-state index is -0.219. The minimum absolute atomic E-state index is 0.219. The number of aryl methyl sites for hydroxylation is 2. The Bertz CT molecular complexity index is 1970. The van der Waals surface area contributed by atoms with Crippen LogP contribution in [0.15, 0.2) is 97.5 Å². The second-order valence-corrected chi connectivity index (χ2v) is 10.3. The summed E-state index contributed by atoms with van der Waals surface area (Å²) in [6.45, 7) is 4.48. The second kappa shape index (κ2) is 12.3. The van der Waals surface area contributed by atoms with Crippen LogP contribution in [-0.4, -0.2) is 39.1 Å². The molecule has 220 valence electrons. The SMILES string of the molecule is CCOc1ccc(-c2cn(C)c3cc(NC(=O)c4ccc(C)c(Nc5nccc(-c6cccc(OC)c6)n5)c4)ccc23)cn1. The minimum Gasteiger partial charge on any atom is -0.497 e. The van der Waals surface area contributed by atoms with Crippen molar-refractivity contribution in [2.75, 3.05) is 24.4 Å². The first-order valence-electron chi connectivity index (χ1n) is 14.3. The van der Waals surface area contributed by atoms with Crippen molar-refractivity contribution in [2.24, 2.45) is 7.05 Å². The summed E-state index contributed by atoms with van der Waals surface area (Å²) in [6.07, 6.45) is 5.59. The summed E-state index contributed by atoms with van der Waals surface area (Å²) in [4.78, 5) is 26.8. The molecule has 0 aliphatic rings. The fraction of sp³-hybridized carbons (Fsp3) is 0.143. The van der Waals surface area contributed by atoms with Gasteiger partial charge in [-0.3, -0.25) is 4.79 Å². The summed E-state index contributed by atoms with van der Waals surface area (Å²) < 4.78 is 12.9. The van der Waals surface area contributed by atoms with Crippen LogP contribution in [0.3, 0.4) is 0 Å². The Labute approximate surface area is 255 Å². The van der Waals surface area contributed by atoms with Crippen LogP contribution in [0.2, 0.25) is 0 Å². The molecule has 0 unspecified atom stereocenters. The lowest BCUT2D eigenvalue weighted by Crippen LogP contribution is -2.12. The first-order valence-corrected chi connectivity index (χ1v) is 14.3. The highest BCUT2D eigenvalue weighted by molar-refractivity contribution is 6.06. The number of rotatable bonds is 9. The van der Waals surface area contributed by atoms with Gasteiger partial charge in [0.1, 0.15) is 5.75 Å². The highest BCUT2D eigenvalue weighted by atomic mass is 16.5. The molecule has 0 aliphatic carbocycles. The maximum absolute atomic E-state index is 13.4. The summed E-state index contributed by atoms with van der Waals surface area (Å²) in [5.41, 5.74) is 7.62. The van der Waals surface area contributed by atoms with Gasteiger partial charge in [0.15, 0.2) is 0 Å². The van der Waals surface area contributed by atoms with Gasteiger partial charge in [-0.25, -0.2) is 15.0 Å². The Hall–Kier alpha value is -5.70. The zero-order valence-electron chi connectivity index (χ0n) is 25.0. The third kappa shape index (κ3) is 5.94. The molecule has 9 heteroatoms. The van der Waals surface area contributed by atoms with E-state index in [1.807, 2.05) is 104 Å². The number of nitrogens with one attached hydrogen (secondary N) is 2. The predicted octanol–water partition coefficient (Wildman–Crippen LogP) is 7.41. The summed E-state index contributed by atoms with van der Waals surface area (Å²) in [6, 6.07) is 24.9. The molecule has 0 fully saturated rings. The average Bonchev–Trinajstić information content (AvgIpc) is 3.38. The standard InChI is InChI=1S/C35H32N6O3/c1-5-44-33-14-11-25(20-37-33)29-21-41(3)32-19-26(12-13-28(29)32)38-34(42)24-10-9-22(2)31(18-24)40-35-36-16-15-30(39-35)23-7-6-8-27(17-23)43-4/h6-21H,5H2,1-4H3,(H,38,42)(H,36,39,40). The number of hydrogen-bond acceptors (Lipinski definition) is 7. The van der Waals surface area contributed by atoms with E-state index in [1.165, 1.54) is 0 Å². The zero-order chi connectivity index (χ0) is 30.6.